The molecule has 0 aliphatic rings. The zero-order valence-electron chi connectivity index (χ0n) is 10.7. The summed E-state index contributed by atoms with van der Waals surface area (Å²) in [5, 5.41) is 1.27. The minimum atomic E-state index is 0.0958. The van der Waals surface area contributed by atoms with E-state index in [-0.39, 0.29) is 6.04 Å². The van der Waals surface area contributed by atoms with Gasteiger partial charge in [-0.3, -0.25) is 11.3 Å². The van der Waals surface area contributed by atoms with Crippen LogP contribution in [0.2, 0.25) is 0 Å². The molecule has 1 unspecified atom stereocenters. The van der Waals surface area contributed by atoms with Crippen molar-refractivity contribution >= 4 is 21.4 Å². The van der Waals surface area contributed by atoms with E-state index in [1.807, 2.05) is 24.0 Å². The smallest absolute Gasteiger partial charge is 0.110 e. The van der Waals surface area contributed by atoms with Crippen molar-refractivity contribution in [2.75, 3.05) is 0 Å². The van der Waals surface area contributed by atoms with Crippen molar-refractivity contribution in [2.24, 2.45) is 12.9 Å². The number of hydrazine groups is 1. The number of nitrogens with two attached hydrogens (primary N) is 1. The van der Waals surface area contributed by atoms with Gasteiger partial charge >= 0.3 is 0 Å². The van der Waals surface area contributed by atoms with E-state index in [1.165, 1.54) is 15.0 Å². The molecule has 4 nitrogen and oxygen atoms in total. The van der Waals surface area contributed by atoms with Gasteiger partial charge in [-0.2, -0.15) is 0 Å². The SMILES string of the molecule is Cn1ccnc1CC(NN)c1cc2ccccc2s1. The number of hydrogen-bond acceptors (Lipinski definition) is 4. The molecule has 0 bridgehead atoms. The summed E-state index contributed by atoms with van der Waals surface area (Å²) in [6, 6.07) is 10.7. The average molecular weight is 272 g/mol. The highest BCUT2D eigenvalue weighted by molar-refractivity contribution is 7.19. The van der Waals surface area contributed by atoms with Crippen LogP contribution < -0.4 is 11.3 Å². The molecule has 2 aromatic heterocycles. The summed E-state index contributed by atoms with van der Waals surface area (Å²) in [6.07, 6.45) is 4.55. The van der Waals surface area contributed by atoms with Gasteiger partial charge in [-0.25, -0.2) is 4.98 Å². The maximum atomic E-state index is 5.71. The van der Waals surface area contributed by atoms with Crippen molar-refractivity contribution < 1.29 is 0 Å². The first kappa shape index (κ1) is 12.3. The number of aromatic nitrogens is 2. The molecule has 3 aromatic rings. The fourth-order valence-electron chi connectivity index (χ4n) is 2.19. The number of nitrogens with one attached hydrogen (secondary N) is 1. The predicted molar refractivity (Wildman–Crippen MR) is 78.8 cm³/mol. The summed E-state index contributed by atoms with van der Waals surface area (Å²) in [4.78, 5) is 5.60. The van der Waals surface area contributed by atoms with E-state index in [0.717, 1.165) is 12.2 Å². The van der Waals surface area contributed by atoms with Gasteiger partial charge in [0.05, 0.1) is 6.04 Å². The molecule has 0 aliphatic carbocycles. The van der Waals surface area contributed by atoms with Crippen LogP contribution in [0.1, 0.15) is 16.7 Å². The van der Waals surface area contributed by atoms with Crippen LogP contribution in [-0.2, 0) is 13.5 Å². The monoisotopic (exact) mass is 272 g/mol. The van der Waals surface area contributed by atoms with Gasteiger partial charge in [0.25, 0.3) is 0 Å². The Labute approximate surface area is 115 Å². The lowest BCUT2D eigenvalue weighted by Crippen LogP contribution is -2.29. The molecule has 1 atom stereocenters. The first-order chi connectivity index (χ1) is 9.28. The molecule has 1 aromatic carbocycles. The third-order valence-electron chi connectivity index (χ3n) is 3.30. The van der Waals surface area contributed by atoms with E-state index in [4.69, 9.17) is 5.84 Å². The molecule has 0 fully saturated rings. The fraction of sp³-hybridized carbons (Fsp3) is 0.214. The van der Waals surface area contributed by atoms with Gasteiger partial charge in [0.2, 0.25) is 0 Å². The van der Waals surface area contributed by atoms with Crippen molar-refractivity contribution in [3.8, 4) is 0 Å². The van der Waals surface area contributed by atoms with Crippen LogP contribution in [-0.4, -0.2) is 9.55 Å². The van der Waals surface area contributed by atoms with Gasteiger partial charge in [-0.15, -0.1) is 11.3 Å². The average Bonchev–Trinajstić information content (AvgIpc) is 3.02. The third kappa shape index (κ3) is 2.40. The molecule has 0 radical (unpaired) electrons. The van der Waals surface area contributed by atoms with Crippen molar-refractivity contribution in [2.45, 2.75) is 12.5 Å². The third-order valence-corrected chi connectivity index (χ3v) is 4.53. The zero-order valence-corrected chi connectivity index (χ0v) is 11.5. The normalized spacial score (nSPS) is 12.9. The molecule has 0 saturated heterocycles. The lowest BCUT2D eigenvalue weighted by atomic mass is 10.1. The summed E-state index contributed by atoms with van der Waals surface area (Å²) >= 11 is 1.78. The number of thiophene rings is 1. The highest BCUT2D eigenvalue weighted by atomic mass is 32.1. The van der Waals surface area contributed by atoms with Crippen molar-refractivity contribution in [3.63, 3.8) is 0 Å². The maximum Gasteiger partial charge on any atom is 0.110 e. The topological polar surface area (TPSA) is 55.9 Å². The molecule has 0 aliphatic heterocycles. The van der Waals surface area contributed by atoms with Gasteiger partial charge < -0.3 is 4.57 Å². The Morgan fingerprint density at radius 1 is 1.42 bits per heavy atom. The molecule has 3 N–H and O–H groups in total. The van der Waals surface area contributed by atoms with Crippen LogP contribution in [0.3, 0.4) is 0 Å². The summed E-state index contributed by atoms with van der Waals surface area (Å²) in [6.45, 7) is 0. The second-order valence-electron chi connectivity index (χ2n) is 4.56. The summed E-state index contributed by atoms with van der Waals surface area (Å²) < 4.78 is 3.31. The van der Waals surface area contributed by atoms with E-state index in [1.54, 1.807) is 11.3 Å². The Hall–Kier alpha value is -1.69. The number of benzene rings is 1. The van der Waals surface area contributed by atoms with Gasteiger partial charge in [0.15, 0.2) is 0 Å². The molecule has 2 heterocycles. The maximum absolute atomic E-state index is 5.71. The molecule has 0 spiro atoms. The molecule has 19 heavy (non-hydrogen) atoms. The lowest BCUT2D eigenvalue weighted by Gasteiger charge is -2.13. The van der Waals surface area contributed by atoms with Crippen LogP contribution in [0.4, 0.5) is 0 Å². The van der Waals surface area contributed by atoms with Crippen LogP contribution >= 0.6 is 11.3 Å². The van der Waals surface area contributed by atoms with Gasteiger partial charge in [0, 0.05) is 35.4 Å². The second-order valence-corrected chi connectivity index (χ2v) is 5.68. The molecule has 0 amide bonds. The van der Waals surface area contributed by atoms with Gasteiger partial charge in [-0.05, 0) is 17.5 Å². The highest BCUT2D eigenvalue weighted by Crippen LogP contribution is 2.30. The molecule has 0 saturated carbocycles. The summed E-state index contributed by atoms with van der Waals surface area (Å²) in [5.41, 5.74) is 2.90. The van der Waals surface area contributed by atoms with Crippen molar-refractivity contribution in [3.05, 3.63) is 53.4 Å². The Morgan fingerprint density at radius 3 is 2.95 bits per heavy atom. The first-order valence-corrected chi connectivity index (χ1v) is 7.00. The van der Waals surface area contributed by atoms with E-state index in [2.05, 4.69) is 40.7 Å². The Balaban J connectivity index is 1.91. The fourth-order valence-corrected chi connectivity index (χ4v) is 3.32. The van der Waals surface area contributed by atoms with E-state index in [0.29, 0.717) is 0 Å². The van der Waals surface area contributed by atoms with Gasteiger partial charge in [-0.1, -0.05) is 18.2 Å². The van der Waals surface area contributed by atoms with Gasteiger partial charge in [0.1, 0.15) is 5.82 Å². The quantitative estimate of drug-likeness (QED) is 0.566. The van der Waals surface area contributed by atoms with Crippen molar-refractivity contribution in [1.82, 2.24) is 15.0 Å². The summed E-state index contributed by atoms with van der Waals surface area (Å²) in [7, 11) is 2.00. The Kier molecular flexibility index (Phi) is 3.33. The minimum absolute atomic E-state index is 0.0958. The number of aryl methyl sites for hydroxylation is 1. The van der Waals surface area contributed by atoms with Crippen LogP contribution in [0.5, 0.6) is 0 Å². The first-order valence-electron chi connectivity index (χ1n) is 6.18. The summed E-state index contributed by atoms with van der Waals surface area (Å²) in [5.74, 6) is 6.74. The molecular formula is C14H16N4S. The van der Waals surface area contributed by atoms with Crippen molar-refractivity contribution in [1.29, 1.82) is 0 Å². The highest BCUT2D eigenvalue weighted by Gasteiger charge is 2.15. The standard InChI is InChI=1S/C14H16N4S/c1-18-7-6-16-14(18)9-11(17-15)13-8-10-4-2-3-5-12(10)19-13/h2-8,11,17H,9,15H2,1H3. The number of nitrogens with zero attached hydrogens (tertiary/aromatic N) is 2. The molecular weight excluding hydrogens is 256 g/mol. The largest absolute Gasteiger partial charge is 0.338 e. The van der Waals surface area contributed by atoms with Crippen LogP contribution in [0.15, 0.2) is 42.7 Å². The Bertz CT molecular complexity index is 652. The predicted octanol–water partition coefficient (Wildman–Crippen LogP) is 2.38. The number of imidazole rings is 1. The zero-order chi connectivity index (χ0) is 13.2. The number of hydrogen-bond donors (Lipinski definition) is 2. The second kappa shape index (κ2) is 5.13. The molecule has 3 rings (SSSR count). The Morgan fingerprint density at radius 2 is 2.26 bits per heavy atom. The van der Waals surface area contributed by atoms with Crippen LogP contribution in [0, 0.1) is 0 Å². The lowest BCUT2D eigenvalue weighted by molar-refractivity contribution is 0.538. The van der Waals surface area contributed by atoms with Crippen LogP contribution in [0.25, 0.3) is 10.1 Å². The van der Waals surface area contributed by atoms with E-state index >= 15 is 0 Å². The molecule has 98 valence electrons. The van der Waals surface area contributed by atoms with E-state index in [9.17, 15) is 0 Å². The number of fused-ring (bicyclic) bond motifs is 1. The molecule has 5 heteroatoms. The minimum Gasteiger partial charge on any atom is -0.338 e. The van der Waals surface area contributed by atoms with E-state index < -0.39 is 0 Å². The number of rotatable bonds is 4.